The van der Waals surface area contributed by atoms with Crippen LogP contribution in [0.4, 0.5) is 20.4 Å². The highest BCUT2D eigenvalue weighted by atomic mass is 19.1. The number of aromatic nitrogens is 3. The highest BCUT2D eigenvalue weighted by Gasteiger charge is 2.24. The van der Waals surface area contributed by atoms with Gasteiger partial charge in [0.15, 0.2) is 5.65 Å². The lowest BCUT2D eigenvalue weighted by Crippen LogP contribution is -2.36. The van der Waals surface area contributed by atoms with Crippen LogP contribution in [0.25, 0.3) is 16.8 Å². The number of morpholine rings is 1. The zero-order valence-electron chi connectivity index (χ0n) is 21.5. The van der Waals surface area contributed by atoms with Crippen molar-refractivity contribution in [2.75, 3.05) is 36.5 Å². The van der Waals surface area contributed by atoms with Crippen LogP contribution in [0.1, 0.15) is 48.3 Å². The molecule has 1 fully saturated rings. The molecule has 1 aliphatic heterocycles. The standard InChI is InChI=1S/C27H29F2N5O3/c1-15-10-20(28)19(25(35)32-22-13-30-26(37-22)27(3,4)5)12-18(15)17-11-21(33-6-8-36-9-7-33)24-31-16(2)23(29)34(24)14-17/h10-14H,6-9H2,1-5H3,(H,32,35). The second-order valence-corrected chi connectivity index (χ2v) is 10.3. The predicted molar refractivity (Wildman–Crippen MR) is 136 cm³/mol. The second-order valence-electron chi connectivity index (χ2n) is 10.3. The van der Waals surface area contributed by atoms with Crippen molar-refractivity contribution >= 4 is 23.1 Å². The first-order valence-corrected chi connectivity index (χ1v) is 12.1. The lowest BCUT2D eigenvalue weighted by molar-refractivity contribution is 0.102. The molecule has 0 aliphatic carbocycles. The van der Waals surface area contributed by atoms with Crippen LogP contribution in [0.3, 0.4) is 0 Å². The number of rotatable bonds is 4. The smallest absolute Gasteiger partial charge is 0.261 e. The maximum Gasteiger partial charge on any atom is 0.261 e. The number of hydrogen-bond donors (Lipinski definition) is 1. The van der Waals surface area contributed by atoms with Crippen molar-refractivity contribution in [1.82, 2.24) is 14.4 Å². The third-order valence-corrected chi connectivity index (χ3v) is 6.41. The van der Waals surface area contributed by atoms with Crippen LogP contribution >= 0.6 is 0 Å². The molecule has 4 aromatic rings. The Balaban J connectivity index is 1.56. The van der Waals surface area contributed by atoms with Crippen molar-refractivity contribution in [2.45, 2.75) is 40.0 Å². The summed E-state index contributed by atoms with van der Waals surface area (Å²) in [6.45, 7) is 11.5. The Kier molecular flexibility index (Phi) is 6.23. The zero-order chi connectivity index (χ0) is 26.5. The molecule has 1 amide bonds. The number of anilines is 2. The van der Waals surface area contributed by atoms with Gasteiger partial charge in [0.2, 0.25) is 17.7 Å². The molecule has 0 radical (unpaired) electrons. The summed E-state index contributed by atoms with van der Waals surface area (Å²) >= 11 is 0. The minimum atomic E-state index is -0.673. The fourth-order valence-electron chi connectivity index (χ4n) is 4.41. The Morgan fingerprint density at radius 3 is 2.51 bits per heavy atom. The van der Waals surface area contributed by atoms with Crippen LogP contribution in [-0.2, 0) is 10.2 Å². The van der Waals surface area contributed by atoms with Crippen molar-refractivity contribution < 1.29 is 22.7 Å². The highest BCUT2D eigenvalue weighted by molar-refractivity contribution is 6.04. The first kappa shape index (κ1) is 24.9. The number of aryl methyl sites for hydroxylation is 2. The van der Waals surface area contributed by atoms with Crippen molar-refractivity contribution in [1.29, 1.82) is 0 Å². The molecule has 0 unspecified atom stereocenters. The normalized spacial score (nSPS) is 14.4. The fourth-order valence-corrected chi connectivity index (χ4v) is 4.41. The molecule has 1 N–H and O–H groups in total. The van der Waals surface area contributed by atoms with Crippen molar-refractivity contribution in [3.05, 3.63) is 65.1 Å². The maximum absolute atomic E-state index is 15.0. The second kappa shape index (κ2) is 9.26. The van der Waals surface area contributed by atoms with E-state index in [-0.39, 0.29) is 22.6 Å². The van der Waals surface area contributed by atoms with Crippen LogP contribution in [0, 0.1) is 25.6 Å². The Bertz CT molecular complexity index is 1500. The van der Waals surface area contributed by atoms with E-state index in [1.807, 2.05) is 26.8 Å². The number of imidazole rings is 1. The van der Waals surface area contributed by atoms with E-state index in [2.05, 4.69) is 20.2 Å². The van der Waals surface area contributed by atoms with E-state index in [9.17, 15) is 9.18 Å². The maximum atomic E-state index is 15.0. The monoisotopic (exact) mass is 509 g/mol. The molecule has 8 nitrogen and oxygen atoms in total. The fraction of sp³-hybridized carbons (Fsp3) is 0.370. The number of halogens is 2. The van der Waals surface area contributed by atoms with Gasteiger partial charge in [-0.2, -0.15) is 4.39 Å². The molecule has 1 aromatic carbocycles. The number of carbonyl (C=O) groups excluding carboxylic acids is 1. The van der Waals surface area contributed by atoms with E-state index in [1.165, 1.54) is 22.7 Å². The molecule has 0 saturated carbocycles. The highest BCUT2D eigenvalue weighted by Crippen LogP contribution is 2.33. The van der Waals surface area contributed by atoms with Crippen LogP contribution in [0.5, 0.6) is 0 Å². The van der Waals surface area contributed by atoms with E-state index < -0.39 is 17.7 Å². The summed E-state index contributed by atoms with van der Waals surface area (Å²) in [6.07, 6.45) is 3.03. The third-order valence-electron chi connectivity index (χ3n) is 6.41. The number of nitrogens with one attached hydrogen (secondary N) is 1. The average molecular weight is 510 g/mol. The quantitative estimate of drug-likeness (QED) is 0.404. The van der Waals surface area contributed by atoms with Gasteiger partial charge in [0, 0.05) is 30.3 Å². The van der Waals surface area contributed by atoms with Crippen molar-refractivity contribution in [3.8, 4) is 11.1 Å². The molecule has 1 saturated heterocycles. The van der Waals surface area contributed by atoms with Crippen molar-refractivity contribution in [2.24, 2.45) is 0 Å². The first-order valence-electron chi connectivity index (χ1n) is 12.1. The molecule has 4 heterocycles. The third kappa shape index (κ3) is 4.69. The number of ether oxygens (including phenoxy) is 1. The minimum absolute atomic E-state index is 0.128. The SMILES string of the molecule is Cc1cc(F)c(C(=O)Nc2cnc(C(C)(C)C)o2)cc1-c1cc(N2CCOCC2)c2nc(C)c(F)n2c1. The molecular weight excluding hydrogens is 480 g/mol. The van der Waals surface area contributed by atoms with E-state index in [0.29, 0.717) is 54.5 Å². The lowest BCUT2D eigenvalue weighted by atomic mass is 9.97. The average Bonchev–Trinajstić information content (AvgIpc) is 3.44. The van der Waals surface area contributed by atoms with Gasteiger partial charge in [-0.1, -0.05) is 20.8 Å². The summed E-state index contributed by atoms with van der Waals surface area (Å²) in [5.41, 5.74) is 2.86. The molecule has 0 bridgehead atoms. The van der Waals surface area contributed by atoms with Gasteiger partial charge in [-0.3, -0.25) is 14.5 Å². The Morgan fingerprint density at radius 2 is 1.84 bits per heavy atom. The molecule has 0 spiro atoms. The minimum Gasteiger partial charge on any atom is -0.424 e. The molecule has 10 heteroatoms. The number of hydrogen-bond acceptors (Lipinski definition) is 6. The van der Waals surface area contributed by atoms with Crippen LogP contribution < -0.4 is 10.2 Å². The number of pyridine rings is 1. The van der Waals surface area contributed by atoms with Crippen molar-refractivity contribution in [3.63, 3.8) is 0 Å². The topological polar surface area (TPSA) is 84.9 Å². The Hall–Kier alpha value is -3.79. The van der Waals surface area contributed by atoms with Gasteiger partial charge >= 0.3 is 0 Å². The number of amides is 1. The number of oxazole rings is 1. The molecule has 194 valence electrons. The van der Waals surface area contributed by atoms with E-state index in [0.717, 1.165) is 5.69 Å². The zero-order valence-corrected chi connectivity index (χ0v) is 21.5. The van der Waals surface area contributed by atoms with Gasteiger partial charge in [-0.05, 0) is 43.2 Å². The number of benzene rings is 1. The predicted octanol–water partition coefficient (Wildman–Crippen LogP) is 5.27. The molecule has 5 rings (SSSR count). The van der Waals surface area contributed by atoms with Gasteiger partial charge in [0.1, 0.15) is 5.82 Å². The summed E-state index contributed by atoms with van der Waals surface area (Å²) in [6, 6.07) is 4.69. The van der Waals surface area contributed by atoms with Gasteiger partial charge in [-0.15, -0.1) is 0 Å². The molecule has 3 aromatic heterocycles. The molecule has 1 aliphatic rings. The van der Waals surface area contributed by atoms with Crippen LogP contribution in [0.2, 0.25) is 0 Å². The molecular formula is C27H29F2N5O3. The first-order chi connectivity index (χ1) is 17.5. The van der Waals surface area contributed by atoms with Gasteiger partial charge in [0.25, 0.3) is 5.91 Å². The molecule has 37 heavy (non-hydrogen) atoms. The van der Waals surface area contributed by atoms with Gasteiger partial charge in [-0.25, -0.2) is 14.4 Å². The summed E-state index contributed by atoms with van der Waals surface area (Å²) in [7, 11) is 0. The van der Waals surface area contributed by atoms with E-state index in [1.54, 1.807) is 20.0 Å². The summed E-state index contributed by atoms with van der Waals surface area (Å²) in [5.74, 6) is -1.23. The van der Waals surface area contributed by atoms with E-state index >= 15 is 4.39 Å². The molecule has 0 atom stereocenters. The number of fused-ring (bicyclic) bond motifs is 1. The number of nitrogens with zero attached hydrogens (tertiary/aromatic N) is 4. The Morgan fingerprint density at radius 1 is 1.11 bits per heavy atom. The summed E-state index contributed by atoms with van der Waals surface area (Å²) in [4.78, 5) is 23.8. The van der Waals surface area contributed by atoms with Crippen LogP contribution in [-0.4, -0.2) is 46.6 Å². The summed E-state index contributed by atoms with van der Waals surface area (Å²) < 4.78 is 42.5. The summed E-state index contributed by atoms with van der Waals surface area (Å²) in [5, 5.41) is 2.59. The van der Waals surface area contributed by atoms with Gasteiger partial charge < -0.3 is 14.1 Å². The largest absolute Gasteiger partial charge is 0.424 e. The van der Waals surface area contributed by atoms with Crippen LogP contribution in [0.15, 0.2) is 35.0 Å². The Labute approximate surface area is 213 Å². The number of carbonyl (C=O) groups is 1. The van der Waals surface area contributed by atoms with E-state index in [4.69, 9.17) is 9.15 Å². The lowest BCUT2D eigenvalue weighted by Gasteiger charge is -2.29. The van der Waals surface area contributed by atoms with Gasteiger partial charge in [0.05, 0.1) is 36.4 Å².